The van der Waals surface area contributed by atoms with Gasteiger partial charge < -0.3 is 10.4 Å². The monoisotopic (exact) mass is 216 g/mol. The van der Waals surface area contributed by atoms with E-state index in [0.29, 0.717) is 35.5 Å². The van der Waals surface area contributed by atoms with Crippen LogP contribution >= 0.6 is 0 Å². The van der Waals surface area contributed by atoms with E-state index < -0.39 is 0 Å². The summed E-state index contributed by atoms with van der Waals surface area (Å²) in [6.07, 6.45) is 0. The highest BCUT2D eigenvalue weighted by Gasteiger charge is 2.90. The first kappa shape index (κ1) is 7.30. The Morgan fingerprint density at radius 3 is 1.12 bits per heavy atom. The van der Waals surface area contributed by atoms with Crippen LogP contribution in [0.4, 0.5) is 0 Å². The van der Waals surface area contributed by atoms with Gasteiger partial charge in [-0.05, 0) is 35.5 Å². The summed E-state index contributed by atoms with van der Waals surface area (Å²) in [4.78, 5) is 0. The third-order valence-electron chi connectivity index (χ3n) is 7.14. The lowest BCUT2D eigenvalue weighted by molar-refractivity contribution is 0.0202. The molecule has 4 nitrogen and oxygen atoms in total. The smallest absolute Gasteiger partial charge is 0.0644 e. The fourth-order valence-corrected chi connectivity index (χ4v) is 7.52. The van der Waals surface area contributed by atoms with Crippen molar-refractivity contribution >= 4 is 11.4 Å². The van der Waals surface area contributed by atoms with Gasteiger partial charge in [0.25, 0.3) is 0 Å². The molecule has 0 spiro atoms. The molecule has 7 aliphatic carbocycles. The molecule has 0 aromatic carbocycles. The van der Waals surface area contributed by atoms with Gasteiger partial charge in [0.1, 0.15) is 0 Å². The number of hydrogen-bond donors (Lipinski definition) is 2. The van der Waals surface area contributed by atoms with Crippen LogP contribution in [-0.4, -0.2) is 21.8 Å². The Balaban J connectivity index is 1.72. The second-order valence-electron chi connectivity index (χ2n) is 6.62. The minimum absolute atomic E-state index is 0.556. The van der Waals surface area contributed by atoms with E-state index >= 15 is 0 Å². The molecule has 82 valence electrons. The average Bonchev–Trinajstić information content (AvgIpc) is 2.87. The third-order valence-corrected chi connectivity index (χ3v) is 7.14. The molecule has 7 fully saturated rings. The predicted molar refractivity (Wildman–Crippen MR) is 53.3 cm³/mol. The maximum atomic E-state index is 9.22. The summed E-state index contributed by atoms with van der Waals surface area (Å²) in [5, 5.41) is 25.7. The number of rotatable bonds is 0. The van der Waals surface area contributed by atoms with Crippen LogP contribution < -0.4 is 0 Å². The topological polar surface area (TPSA) is 65.2 Å². The first-order valence-corrected chi connectivity index (χ1v) is 6.34. The van der Waals surface area contributed by atoms with E-state index in [1.807, 2.05) is 0 Å². The molecule has 0 aromatic heterocycles. The molecule has 7 aliphatic rings. The maximum absolute atomic E-state index is 9.22. The first-order chi connectivity index (χ1) is 7.90. The summed E-state index contributed by atoms with van der Waals surface area (Å²) in [5.41, 5.74) is 2.25. The van der Waals surface area contributed by atoms with Crippen LogP contribution in [0.1, 0.15) is 0 Å². The van der Waals surface area contributed by atoms with E-state index in [-0.39, 0.29) is 0 Å². The Hall–Kier alpha value is -1.06. The first-order valence-electron chi connectivity index (χ1n) is 6.34. The van der Waals surface area contributed by atoms with Gasteiger partial charge in [-0.3, -0.25) is 0 Å². The molecule has 0 radical (unpaired) electrons. The summed E-state index contributed by atoms with van der Waals surface area (Å²) in [6, 6.07) is 0. The lowest BCUT2D eigenvalue weighted by atomic mass is 9.60. The molecule has 2 N–H and O–H groups in total. The molecule has 7 saturated carbocycles. The van der Waals surface area contributed by atoms with Crippen molar-refractivity contribution in [3.63, 3.8) is 0 Å². The molecular weight excluding hydrogens is 204 g/mol. The van der Waals surface area contributed by atoms with E-state index in [0.717, 1.165) is 35.1 Å². The zero-order valence-corrected chi connectivity index (χ0v) is 8.56. The van der Waals surface area contributed by atoms with Crippen molar-refractivity contribution < 1.29 is 10.4 Å². The largest absolute Gasteiger partial charge is 0.411 e. The van der Waals surface area contributed by atoms with Crippen molar-refractivity contribution in [2.45, 2.75) is 0 Å². The van der Waals surface area contributed by atoms with Crippen molar-refractivity contribution in [1.29, 1.82) is 0 Å². The van der Waals surface area contributed by atoms with Crippen LogP contribution in [0.2, 0.25) is 0 Å². The Morgan fingerprint density at radius 1 is 0.562 bits per heavy atom. The molecule has 0 aliphatic heterocycles. The maximum Gasteiger partial charge on any atom is 0.0644 e. The second-order valence-corrected chi connectivity index (χ2v) is 6.62. The van der Waals surface area contributed by atoms with Gasteiger partial charge in [-0.15, -0.1) is 0 Å². The zero-order valence-electron chi connectivity index (χ0n) is 8.56. The summed E-state index contributed by atoms with van der Waals surface area (Å²) in [5.74, 6) is 6.73. The molecule has 0 saturated heterocycles. The van der Waals surface area contributed by atoms with Gasteiger partial charge in [0.15, 0.2) is 0 Å². The van der Waals surface area contributed by atoms with E-state index in [1.165, 1.54) is 0 Å². The highest BCUT2D eigenvalue weighted by molar-refractivity contribution is 6.06. The zero-order chi connectivity index (χ0) is 10.3. The van der Waals surface area contributed by atoms with E-state index in [9.17, 15) is 10.4 Å². The van der Waals surface area contributed by atoms with Crippen molar-refractivity contribution in [3.05, 3.63) is 0 Å². The van der Waals surface area contributed by atoms with E-state index in [4.69, 9.17) is 0 Å². The molecule has 0 heterocycles. The Kier molecular flexibility index (Phi) is 0.781. The van der Waals surface area contributed by atoms with Crippen molar-refractivity contribution in [3.8, 4) is 0 Å². The van der Waals surface area contributed by atoms with Gasteiger partial charge in [0.05, 0.1) is 11.4 Å². The highest BCUT2D eigenvalue weighted by Crippen LogP contribution is 2.89. The van der Waals surface area contributed by atoms with Crippen LogP contribution in [0.3, 0.4) is 0 Å². The molecule has 0 aromatic rings. The Morgan fingerprint density at radius 2 is 0.875 bits per heavy atom. The molecule has 4 unspecified atom stereocenters. The number of oxime groups is 2. The molecule has 4 atom stereocenters. The lowest BCUT2D eigenvalue weighted by Gasteiger charge is -2.43. The summed E-state index contributed by atoms with van der Waals surface area (Å²) < 4.78 is 0. The predicted octanol–water partition coefficient (Wildman–Crippen LogP) is 0.890. The third kappa shape index (κ3) is 0.367. The van der Waals surface area contributed by atoms with Gasteiger partial charge >= 0.3 is 0 Å². The fourth-order valence-electron chi connectivity index (χ4n) is 7.52. The highest BCUT2D eigenvalue weighted by atomic mass is 16.4. The van der Waals surface area contributed by atoms with Gasteiger partial charge in [0, 0.05) is 23.7 Å². The minimum Gasteiger partial charge on any atom is -0.411 e. The normalized spacial score (nSPS) is 73.2. The van der Waals surface area contributed by atoms with Crippen LogP contribution in [0.25, 0.3) is 0 Å². The van der Waals surface area contributed by atoms with Crippen LogP contribution in [0.5, 0.6) is 0 Å². The van der Waals surface area contributed by atoms with Crippen LogP contribution in [-0.2, 0) is 0 Å². The number of hydrogen-bond acceptors (Lipinski definition) is 4. The quantitative estimate of drug-likeness (QED) is 0.466. The molecule has 4 bridgehead atoms. The Labute approximate surface area is 92.0 Å². The van der Waals surface area contributed by atoms with Crippen molar-refractivity contribution in [2.75, 3.05) is 0 Å². The molecule has 0 amide bonds. The summed E-state index contributed by atoms with van der Waals surface area (Å²) >= 11 is 0. The van der Waals surface area contributed by atoms with Gasteiger partial charge in [0.2, 0.25) is 0 Å². The van der Waals surface area contributed by atoms with Gasteiger partial charge in [-0.2, -0.15) is 0 Å². The SMILES string of the molecule is ON=C1C2C3C4C(=NO)C5C3C1C1C2C4C51. The Bertz CT molecular complexity index is 423. The molecule has 16 heavy (non-hydrogen) atoms. The lowest BCUT2D eigenvalue weighted by Crippen LogP contribution is -2.41. The minimum atomic E-state index is 0.556. The fraction of sp³-hybridized carbons (Fsp3) is 0.833. The van der Waals surface area contributed by atoms with E-state index in [2.05, 4.69) is 10.3 Å². The average molecular weight is 216 g/mol. The summed E-state index contributed by atoms with van der Waals surface area (Å²) in [6.45, 7) is 0. The van der Waals surface area contributed by atoms with Crippen LogP contribution in [0, 0.1) is 59.2 Å². The molecular formula is C12H12N2O2. The second kappa shape index (κ2) is 1.71. The summed E-state index contributed by atoms with van der Waals surface area (Å²) in [7, 11) is 0. The number of nitrogens with zero attached hydrogens (tertiary/aromatic N) is 2. The molecule has 4 heteroatoms. The van der Waals surface area contributed by atoms with Gasteiger partial charge in [-0.1, -0.05) is 10.3 Å². The van der Waals surface area contributed by atoms with Crippen molar-refractivity contribution in [2.24, 2.45) is 69.5 Å². The van der Waals surface area contributed by atoms with E-state index in [1.54, 1.807) is 0 Å². The van der Waals surface area contributed by atoms with Crippen LogP contribution in [0.15, 0.2) is 10.3 Å². The molecule has 7 rings (SSSR count). The van der Waals surface area contributed by atoms with Crippen molar-refractivity contribution in [1.82, 2.24) is 0 Å². The standard InChI is InChI=1S/C12H12N2O2/c15-13-11-7-1-2-4-3(1)9(11)6-5(7)8(2)12(14-16)10(4)6/h1-10,15-16H. The van der Waals surface area contributed by atoms with Gasteiger partial charge in [-0.25, -0.2) is 0 Å².